The summed E-state index contributed by atoms with van der Waals surface area (Å²) in [5.41, 5.74) is 3.06. The van der Waals surface area contributed by atoms with Gasteiger partial charge in [-0.05, 0) is 62.4 Å². The van der Waals surface area contributed by atoms with Crippen molar-refractivity contribution in [1.29, 1.82) is 0 Å². The van der Waals surface area contributed by atoms with Crippen molar-refractivity contribution in [2.45, 2.75) is 20.8 Å². The molecule has 12 heteroatoms. The number of carbonyl (C=O) groups excluding carboxylic acids is 3. The first-order valence-electron chi connectivity index (χ1n) is 11.8. The van der Waals surface area contributed by atoms with Crippen LogP contribution < -0.4 is 25.0 Å². The number of esters is 1. The van der Waals surface area contributed by atoms with Gasteiger partial charge in [-0.15, -0.1) is 0 Å². The average molecular weight is 535 g/mol. The summed E-state index contributed by atoms with van der Waals surface area (Å²) >= 11 is 0. The van der Waals surface area contributed by atoms with Gasteiger partial charge in [-0.2, -0.15) is 5.10 Å². The number of carbonyl (C=O) groups is 3. The van der Waals surface area contributed by atoms with Crippen LogP contribution in [0.15, 0.2) is 65.8 Å². The predicted molar refractivity (Wildman–Crippen MR) is 143 cm³/mol. The molecule has 0 spiro atoms. The Balaban J connectivity index is 1.79. The second-order valence-corrected chi connectivity index (χ2v) is 7.85. The predicted octanol–water partition coefficient (Wildman–Crippen LogP) is 4.33. The molecule has 2 amide bonds. The van der Waals surface area contributed by atoms with Crippen LogP contribution in [0.3, 0.4) is 0 Å². The molecule has 0 aliphatic carbocycles. The Bertz CT molecular complexity index is 1400. The third-order valence-corrected chi connectivity index (χ3v) is 5.02. The molecule has 0 aliphatic rings. The largest absolute Gasteiger partial charge is 0.490 e. The molecule has 0 aliphatic heterocycles. The van der Waals surface area contributed by atoms with Crippen molar-refractivity contribution in [2.75, 3.05) is 18.5 Å². The number of ether oxygens (including phenoxy) is 3. The van der Waals surface area contributed by atoms with Gasteiger partial charge in [0.2, 0.25) is 5.91 Å². The van der Waals surface area contributed by atoms with Gasteiger partial charge in [-0.25, -0.2) is 10.2 Å². The number of hydrogen-bond donors (Lipinski definition) is 2. The number of amides is 2. The molecule has 0 heterocycles. The van der Waals surface area contributed by atoms with E-state index in [1.165, 1.54) is 43.3 Å². The zero-order valence-corrected chi connectivity index (χ0v) is 21.4. The fourth-order valence-electron chi connectivity index (χ4n) is 3.31. The zero-order chi connectivity index (χ0) is 28.4. The average Bonchev–Trinajstić information content (AvgIpc) is 2.90. The molecule has 0 bridgehead atoms. The Labute approximate surface area is 223 Å². The van der Waals surface area contributed by atoms with Gasteiger partial charge < -0.3 is 19.5 Å². The van der Waals surface area contributed by atoms with Gasteiger partial charge >= 0.3 is 5.97 Å². The van der Waals surface area contributed by atoms with Gasteiger partial charge in [0, 0.05) is 35.9 Å². The summed E-state index contributed by atoms with van der Waals surface area (Å²) in [6, 6.07) is 14.3. The third-order valence-electron chi connectivity index (χ3n) is 5.02. The molecule has 0 atom stereocenters. The zero-order valence-electron chi connectivity index (χ0n) is 21.4. The van der Waals surface area contributed by atoms with E-state index in [9.17, 15) is 24.5 Å². The molecule has 0 saturated heterocycles. The van der Waals surface area contributed by atoms with Crippen molar-refractivity contribution in [2.24, 2.45) is 5.10 Å². The Morgan fingerprint density at radius 3 is 2.18 bits per heavy atom. The molecule has 12 nitrogen and oxygen atoms in total. The van der Waals surface area contributed by atoms with E-state index in [0.29, 0.717) is 30.4 Å². The third kappa shape index (κ3) is 7.86. The number of nitrogens with zero attached hydrogens (tertiary/aromatic N) is 2. The lowest BCUT2D eigenvalue weighted by atomic mass is 10.1. The minimum atomic E-state index is -0.745. The first-order valence-corrected chi connectivity index (χ1v) is 11.8. The first-order chi connectivity index (χ1) is 18.7. The molecule has 0 unspecified atom stereocenters. The maximum Gasteiger partial charge on any atom is 0.343 e. The lowest BCUT2D eigenvalue weighted by molar-refractivity contribution is -0.384. The summed E-state index contributed by atoms with van der Waals surface area (Å²) in [4.78, 5) is 47.1. The van der Waals surface area contributed by atoms with Crippen molar-refractivity contribution < 1.29 is 33.5 Å². The summed E-state index contributed by atoms with van der Waals surface area (Å²) in [6.07, 6.45) is 1.13. The molecule has 0 fully saturated rings. The van der Waals surface area contributed by atoms with Crippen LogP contribution in [0, 0.1) is 10.1 Å². The molecule has 39 heavy (non-hydrogen) atoms. The van der Waals surface area contributed by atoms with E-state index in [1.54, 1.807) is 25.1 Å². The molecule has 202 valence electrons. The number of nitro groups is 1. The topological polar surface area (TPSA) is 158 Å². The van der Waals surface area contributed by atoms with Crippen molar-refractivity contribution in [3.63, 3.8) is 0 Å². The van der Waals surface area contributed by atoms with Crippen LogP contribution in [0.4, 0.5) is 11.4 Å². The highest BCUT2D eigenvalue weighted by Gasteiger charge is 2.17. The minimum absolute atomic E-state index is 0.0184. The van der Waals surface area contributed by atoms with Crippen LogP contribution in [0.25, 0.3) is 0 Å². The van der Waals surface area contributed by atoms with Crippen molar-refractivity contribution in [1.82, 2.24) is 5.43 Å². The summed E-state index contributed by atoms with van der Waals surface area (Å²) in [5.74, 6) is -0.738. The van der Waals surface area contributed by atoms with Crippen molar-refractivity contribution in [3.8, 4) is 17.2 Å². The number of benzene rings is 3. The fraction of sp³-hybridized carbons (Fsp3) is 0.185. The second-order valence-electron chi connectivity index (χ2n) is 7.85. The van der Waals surface area contributed by atoms with Crippen LogP contribution in [0.1, 0.15) is 47.1 Å². The number of nitro benzene ring substituents is 1. The molecule has 0 aromatic heterocycles. The summed E-state index contributed by atoms with van der Waals surface area (Å²) < 4.78 is 16.5. The summed E-state index contributed by atoms with van der Waals surface area (Å²) in [5, 5.41) is 17.7. The second kappa shape index (κ2) is 13.3. The number of hydrazone groups is 1. The summed E-state index contributed by atoms with van der Waals surface area (Å²) in [6.45, 7) is 5.75. The van der Waals surface area contributed by atoms with Gasteiger partial charge in [-0.3, -0.25) is 19.7 Å². The van der Waals surface area contributed by atoms with E-state index >= 15 is 0 Å². The minimum Gasteiger partial charge on any atom is -0.490 e. The molecular weight excluding hydrogens is 508 g/mol. The van der Waals surface area contributed by atoms with E-state index in [-0.39, 0.29) is 34.0 Å². The van der Waals surface area contributed by atoms with E-state index < -0.39 is 16.8 Å². The standard InChI is InChI=1S/C27H26N4O8/c1-4-37-24-12-8-19(15-25(24)38-5-2)27(34)39-23-13-11-22(31(35)36)14-20(23)16-28-30-26(33)18-6-9-21(10-7-18)29-17(3)32/h6-16H,4-5H2,1-3H3,(H,29,32)(H,30,33)/b28-16+. The van der Waals surface area contributed by atoms with Crippen LogP contribution in [0.2, 0.25) is 0 Å². The van der Waals surface area contributed by atoms with Crippen molar-refractivity contribution in [3.05, 3.63) is 87.5 Å². The number of nitrogens with one attached hydrogen (secondary N) is 2. The Morgan fingerprint density at radius 2 is 1.54 bits per heavy atom. The van der Waals surface area contributed by atoms with Crippen LogP contribution in [-0.4, -0.2) is 42.1 Å². The highest BCUT2D eigenvalue weighted by atomic mass is 16.6. The monoisotopic (exact) mass is 534 g/mol. The Hall–Kier alpha value is -5.26. The normalized spacial score (nSPS) is 10.5. The van der Waals surface area contributed by atoms with Gasteiger partial charge in [0.1, 0.15) is 5.75 Å². The first kappa shape index (κ1) is 28.3. The molecular formula is C27H26N4O8. The van der Waals surface area contributed by atoms with Crippen LogP contribution in [-0.2, 0) is 4.79 Å². The molecule has 3 rings (SSSR count). The molecule has 3 aromatic rings. The quantitative estimate of drug-likeness (QED) is 0.121. The van der Waals surface area contributed by atoms with Crippen LogP contribution in [0.5, 0.6) is 17.2 Å². The smallest absolute Gasteiger partial charge is 0.343 e. The maximum atomic E-state index is 12.9. The molecule has 0 radical (unpaired) electrons. The SMILES string of the molecule is CCOc1ccc(C(=O)Oc2ccc([N+](=O)[O-])cc2/C=N/NC(=O)c2ccc(NC(C)=O)cc2)cc1OCC. The number of rotatable bonds is 11. The number of non-ortho nitro benzene ring substituents is 1. The van der Waals surface area contributed by atoms with E-state index in [2.05, 4.69) is 15.8 Å². The van der Waals surface area contributed by atoms with E-state index in [1.807, 2.05) is 6.92 Å². The Kier molecular flexibility index (Phi) is 9.68. The van der Waals surface area contributed by atoms with Gasteiger partial charge in [0.05, 0.1) is 29.9 Å². The van der Waals surface area contributed by atoms with Crippen molar-refractivity contribution >= 4 is 35.4 Å². The van der Waals surface area contributed by atoms with Crippen LogP contribution >= 0.6 is 0 Å². The van der Waals surface area contributed by atoms with Gasteiger partial charge in [-0.1, -0.05) is 0 Å². The number of hydrogen-bond acceptors (Lipinski definition) is 9. The molecule has 3 aromatic carbocycles. The highest BCUT2D eigenvalue weighted by Crippen LogP contribution is 2.30. The van der Waals surface area contributed by atoms with Gasteiger partial charge in [0.25, 0.3) is 11.6 Å². The highest BCUT2D eigenvalue weighted by molar-refractivity contribution is 5.97. The van der Waals surface area contributed by atoms with E-state index in [0.717, 1.165) is 12.3 Å². The Morgan fingerprint density at radius 1 is 0.897 bits per heavy atom. The fourth-order valence-corrected chi connectivity index (χ4v) is 3.31. The summed E-state index contributed by atoms with van der Waals surface area (Å²) in [7, 11) is 0. The lowest BCUT2D eigenvalue weighted by Crippen LogP contribution is -2.18. The number of anilines is 1. The van der Waals surface area contributed by atoms with Gasteiger partial charge in [0.15, 0.2) is 11.5 Å². The molecule has 2 N–H and O–H groups in total. The molecule has 0 saturated carbocycles. The van der Waals surface area contributed by atoms with E-state index in [4.69, 9.17) is 14.2 Å². The maximum absolute atomic E-state index is 12.9. The lowest BCUT2D eigenvalue weighted by Gasteiger charge is -2.12.